The highest BCUT2D eigenvalue weighted by Gasteiger charge is 2.09. The number of amides is 1. The highest BCUT2D eigenvalue weighted by atomic mass is 16.6. The minimum atomic E-state index is -0.518. The Morgan fingerprint density at radius 1 is 1.24 bits per heavy atom. The number of hydroxylamine groups is 1. The van der Waals surface area contributed by atoms with Gasteiger partial charge in [-0.2, -0.15) is 5.10 Å². The molecular weight excluding hydrogens is 274 g/mol. The fourth-order valence-electron chi connectivity index (χ4n) is 1.64. The van der Waals surface area contributed by atoms with E-state index in [2.05, 4.69) is 15.4 Å². The van der Waals surface area contributed by atoms with Gasteiger partial charge in [-0.1, -0.05) is 18.2 Å². The Morgan fingerprint density at radius 3 is 2.71 bits per heavy atom. The van der Waals surface area contributed by atoms with E-state index in [1.165, 1.54) is 23.9 Å². The number of aromatic nitrogens is 2. The highest BCUT2D eigenvalue weighted by molar-refractivity contribution is 5.91. The molecule has 2 aromatic rings. The number of carbonyl (C=O) groups excluding carboxylic acids is 1. The standard InChI is InChI=1S/C14H15N3O4/c1-20-16-14(19)12-7-8-13(18)17(15-12)9-10-21-11-5-3-2-4-6-11/h2-8H,9-10H2,1H3,(H,16,19). The predicted octanol–water partition coefficient (Wildman–Crippen LogP) is 0.613. The quantitative estimate of drug-likeness (QED) is 0.788. The Labute approximate surface area is 121 Å². The van der Waals surface area contributed by atoms with Gasteiger partial charge in [0.15, 0.2) is 5.69 Å². The van der Waals surface area contributed by atoms with Crippen LogP contribution in [0.2, 0.25) is 0 Å². The number of para-hydroxylation sites is 1. The zero-order valence-corrected chi connectivity index (χ0v) is 11.5. The molecule has 0 bridgehead atoms. The molecule has 1 N–H and O–H groups in total. The van der Waals surface area contributed by atoms with Crippen LogP contribution >= 0.6 is 0 Å². The van der Waals surface area contributed by atoms with Gasteiger partial charge >= 0.3 is 0 Å². The van der Waals surface area contributed by atoms with E-state index < -0.39 is 5.91 Å². The van der Waals surface area contributed by atoms with Crippen LogP contribution in [0.5, 0.6) is 5.75 Å². The molecule has 0 aliphatic carbocycles. The van der Waals surface area contributed by atoms with Gasteiger partial charge in [0.05, 0.1) is 13.7 Å². The van der Waals surface area contributed by atoms with Crippen LogP contribution < -0.4 is 15.8 Å². The van der Waals surface area contributed by atoms with Crippen LogP contribution in [0.15, 0.2) is 47.3 Å². The van der Waals surface area contributed by atoms with E-state index in [-0.39, 0.29) is 24.4 Å². The Bertz CT molecular complexity index is 655. The molecule has 0 saturated carbocycles. The lowest BCUT2D eigenvalue weighted by molar-refractivity contribution is 0.0529. The van der Waals surface area contributed by atoms with Crippen molar-refractivity contribution in [3.63, 3.8) is 0 Å². The average Bonchev–Trinajstić information content (AvgIpc) is 2.50. The third-order valence-electron chi connectivity index (χ3n) is 2.61. The molecule has 0 saturated heterocycles. The van der Waals surface area contributed by atoms with Crippen molar-refractivity contribution in [2.45, 2.75) is 6.54 Å². The second kappa shape index (κ2) is 7.20. The SMILES string of the molecule is CONC(=O)c1ccc(=O)n(CCOc2ccccc2)n1. The van der Waals surface area contributed by atoms with E-state index in [1.807, 2.05) is 30.3 Å². The number of hydrogen-bond acceptors (Lipinski definition) is 5. The highest BCUT2D eigenvalue weighted by Crippen LogP contribution is 2.07. The first-order valence-electron chi connectivity index (χ1n) is 6.30. The third-order valence-corrected chi connectivity index (χ3v) is 2.61. The first-order valence-corrected chi connectivity index (χ1v) is 6.30. The maximum Gasteiger partial charge on any atom is 0.295 e. The van der Waals surface area contributed by atoms with Gasteiger partial charge in [-0.15, -0.1) is 0 Å². The number of benzene rings is 1. The van der Waals surface area contributed by atoms with E-state index >= 15 is 0 Å². The van der Waals surface area contributed by atoms with Gasteiger partial charge in [-0.25, -0.2) is 10.2 Å². The van der Waals surface area contributed by atoms with Gasteiger partial charge in [0.1, 0.15) is 12.4 Å². The molecule has 7 nitrogen and oxygen atoms in total. The molecule has 0 fully saturated rings. The second-order valence-electron chi connectivity index (χ2n) is 4.08. The van der Waals surface area contributed by atoms with E-state index in [1.54, 1.807) is 0 Å². The number of hydrogen-bond donors (Lipinski definition) is 1. The molecule has 0 unspecified atom stereocenters. The van der Waals surface area contributed by atoms with Gasteiger partial charge in [-0.05, 0) is 18.2 Å². The van der Waals surface area contributed by atoms with Crippen LogP contribution in [-0.2, 0) is 11.4 Å². The summed E-state index contributed by atoms with van der Waals surface area (Å²) in [6.07, 6.45) is 0. The molecular formula is C14H15N3O4. The van der Waals surface area contributed by atoms with E-state index in [0.717, 1.165) is 0 Å². The molecule has 0 aliphatic rings. The Kier molecular flexibility index (Phi) is 5.05. The summed E-state index contributed by atoms with van der Waals surface area (Å²) >= 11 is 0. The van der Waals surface area contributed by atoms with Crippen molar-refractivity contribution >= 4 is 5.91 Å². The summed E-state index contributed by atoms with van der Waals surface area (Å²) in [6.45, 7) is 0.508. The molecule has 21 heavy (non-hydrogen) atoms. The van der Waals surface area contributed by atoms with Crippen molar-refractivity contribution in [1.29, 1.82) is 0 Å². The number of rotatable bonds is 6. The Morgan fingerprint density at radius 2 is 2.00 bits per heavy atom. The second-order valence-corrected chi connectivity index (χ2v) is 4.08. The van der Waals surface area contributed by atoms with Crippen LogP contribution in [-0.4, -0.2) is 29.4 Å². The lowest BCUT2D eigenvalue weighted by Crippen LogP contribution is -2.30. The van der Waals surface area contributed by atoms with E-state index in [9.17, 15) is 9.59 Å². The van der Waals surface area contributed by atoms with Gasteiger partial charge < -0.3 is 4.74 Å². The maximum atomic E-state index is 11.7. The van der Waals surface area contributed by atoms with Crippen molar-refractivity contribution in [2.24, 2.45) is 0 Å². The Hall–Kier alpha value is -2.67. The summed E-state index contributed by atoms with van der Waals surface area (Å²) in [5, 5.41) is 3.95. The van der Waals surface area contributed by atoms with Gasteiger partial charge in [0.25, 0.3) is 11.5 Å². The van der Waals surface area contributed by atoms with Gasteiger partial charge in [-0.3, -0.25) is 14.4 Å². The summed E-state index contributed by atoms with van der Waals surface area (Å²) in [4.78, 5) is 27.7. The topological polar surface area (TPSA) is 82.5 Å². The van der Waals surface area contributed by atoms with E-state index in [0.29, 0.717) is 5.75 Å². The first-order chi connectivity index (χ1) is 10.2. The fourth-order valence-corrected chi connectivity index (χ4v) is 1.64. The maximum absolute atomic E-state index is 11.7. The van der Waals surface area contributed by atoms with Crippen LogP contribution in [0, 0.1) is 0 Å². The molecule has 110 valence electrons. The molecule has 0 aliphatic heterocycles. The molecule has 0 spiro atoms. The van der Waals surface area contributed by atoms with Crippen molar-refractivity contribution in [2.75, 3.05) is 13.7 Å². The summed E-state index contributed by atoms with van der Waals surface area (Å²) in [5.74, 6) is 0.189. The average molecular weight is 289 g/mol. The monoisotopic (exact) mass is 289 g/mol. The molecule has 1 heterocycles. The van der Waals surface area contributed by atoms with Crippen LogP contribution in [0.3, 0.4) is 0 Å². The molecule has 1 aromatic heterocycles. The van der Waals surface area contributed by atoms with Crippen molar-refractivity contribution in [1.82, 2.24) is 15.3 Å². The largest absolute Gasteiger partial charge is 0.492 e. The summed E-state index contributed by atoms with van der Waals surface area (Å²) in [6, 6.07) is 11.9. The van der Waals surface area contributed by atoms with Crippen LogP contribution in [0.25, 0.3) is 0 Å². The van der Waals surface area contributed by atoms with Crippen LogP contribution in [0.4, 0.5) is 0 Å². The third kappa shape index (κ3) is 4.15. The molecule has 1 amide bonds. The molecule has 2 rings (SSSR count). The first kappa shape index (κ1) is 14.7. The summed E-state index contributed by atoms with van der Waals surface area (Å²) in [5.41, 5.74) is 1.93. The predicted molar refractivity (Wildman–Crippen MR) is 74.9 cm³/mol. The Balaban J connectivity index is 2.00. The molecule has 0 atom stereocenters. The fraction of sp³-hybridized carbons (Fsp3) is 0.214. The lowest BCUT2D eigenvalue weighted by atomic mass is 10.3. The zero-order valence-electron chi connectivity index (χ0n) is 11.5. The summed E-state index contributed by atoms with van der Waals surface area (Å²) in [7, 11) is 1.32. The van der Waals surface area contributed by atoms with Gasteiger partial charge in [0, 0.05) is 6.07 Å². The number of nitrogens with zero attached hydrogens (tertiary/aromatic N) is 2. The van der Waals surface area contributed by atoms with Gasteiger partial charge in [0.2, 0.25) is 0 Å². The lowest BCUT2D eigenvalue weighted by Gasteiger charge is -2.08. The number of nitrogens with one attached hydrogen (secondary N) is 1. The minimum Gasteiger partial charge on any atom is -0.492 e. The van der Waals surface area contributed by atoms with Crippen molar-refractivity contribution in [3.8, 4) is 5.75 Å². The molecule has 7 heteroatoms. The minimum absolute atomic E-state index is 0.0937. The van der Waals surface area contributed by atoms with Crippen molar-refractivity contribution in [3.05, 3.63) is 58.5 Å². The normalized spacial score (nSPS) is 10.1. The molecule has 0 radical (unpaired) electrons. The van der Waals surface area contributed by atoms with Crippen molar-refractivity contribution < 1.29 is 14.4 Å². The van der Waals surface area contributed by atoms with Crippen LogP contribution in [0.1, 0.15) is 10.5 Å². The van der Waals surface area contributed by atoms with E-state index in [4.69, 9.17) is 4.74 Å². The summed E-state index contributed by atoms with van der Waals surface area (Å²) < 4.78 is 6.66. The number of carbonyl (C=O) groups is 1. The smallest absolute Gasteiger partial charge is 0.295 e. The number of ether oxygens (including phenoxy) is 1. The molecule has 1 aromatic carbocycles. The zero-order chi connectivity index (χ0) is 15.1.